The number of hydrogen-bond acceptors (Lipinski definition) is 5. The summed E-state index contributed by atoms with van der Waals surface area (Å²) in [5.41, 5.74) is 8.93. The van der Waals surface area contributed by atoms with Crippen molar-refractivity contribution in [1.29, 1.82) is 0 Å². The molecule has 1 aliphatic carbocycles. The number of nitrogens with two attached hydrogens (primary N) is 1. The van der Waals surface area contributed by atoms with E-state index in [1.165, 1.54) is 12.1 Å². The smallest absolute Gasteiger partial charge is 0.255 e. The topological polar surface area (TPSA) is 115 Å². The molecule has 3 heterocycles. The number of H-pyrrole nitrogens is 1. The molecule has 168 valence electrons. The van der Waals surface area contributed by atoms with Crippen LogP contribution in [-0.2, 0) is 7.05 Å². The number of carbonyl (C=O) groups excluding carboxylic acids is 1. The van der Waals surface area contributed by atoms with Gasteiger partial charge in [-0.25, -0.2) is 14.4 Å². The maximum absolute atomic E-state index is 13.7. The van der Waals surface area contributed by atoms with Crippen molar-refractivity contribution >= 4 is 40.4 Å². The van der Waals surface area contributed by atoms with Gasteiger partial charge in [0.1, 0.15) is 22.7 Å². The van der Waals surface area contributed by atoms with Crippen LogP contribution in [0.3, 0.4) is 0 Å². The standard InChI is InChI=1S/C22H24FN7O.ClH/c1-22(7-5-13(24)6-8-22)28-21(31)15-10-25-20-19(15)27-16(11-26-20)18-14-4-3-12(23)9-17(14)30(2)29-18;/h3-4,9-11,13H,5-8,24H2,1-2H3,(H,25,26)(H,28,31);1H/t13-,22+;. The normalized spacial score (nSPS) is 20.9. The van der Waals surface area contributed by atoms with Crippen LogP contribution in [0.1, 0.15) is 43.0 Å². The van der Waals surface area contributed by atoms with Gasteiger partial charge in [-0.05, 0) is 50.8 Å². The molecule has 5 rings (SSSR count). The molecule has 0 bridgehead atoms. The van der Waals surface area contributed by atoms with Crippen LogP contribution < -0.4 is 11.1 Å². The Balaban J connectivity index is 0.00000245. The number of aromatic nitrogens is 5. The third-order valence-corrected chi connectivity index (χ3v) is 6.23. The minimum atomic E-state index is -0.328. The molecular formula is C22H25ClFN7O. The molecule has 10 heteroatoms. The largest absolute Gasteiger partial charge is 0.347 e. The monoisotopic (exact) mass is 457 g/mol. The fourth-order valence-electron chi connectivity index (χ4n) is 4.34. The number of benzene rings is 1. The maximum Gasteiger partial charge on any atom is 0.255 e. The minimum Gasteiger partial charge on any atom is -0.347 e. The lowest BCUT2D eigenvalue weighted by atomic mass is 9.81. The van der Waals surface area contributed by atoms with Gasteiger partial charge in [-0.2, -0.15) is 5.10 Å². The number of hydrogen-bond donors (Lipinski definition) is 3. The molecule has 0 saturated heterocycles. The van der Waals surface area contributed by atoms with Crippen LogP contribution in [-0.4, -0.2) is 42.2 Å². The summed E-state index contributed by atoms with van der Waals surface area (Å²) < 4.78 is 15.3. The van der Waals surface area contributed by atoms with Gasteiger partial charge in [-0.1, -0.05) is 0 Å². The third-order valence-electron chi connectivity index (χ3n) is 6.23. The van der Waals surface area contributed by atoms with Crippen molar-refractivity contribution in [1.82, 2.24) is 30.0 Å². The first-order valence-corrected chi connectivity index (χ1v) is 10.4. The van der Waals surface area contributed by atoms with Crippen molar-refractivity contribution < 1.29 is 9.18 Å². The summed E-state index contributed by atoms with van der Waals surface area (Å²) in [6, 6.07) is 4.71. The van der Waals surface area contributed by atoms with Crippen LogP contribution in [0.25, 0.3) is 33.5 Å². The molecular weight excluding hydrogens is 433 g/mol. The maximum atomic E-state index is 13.7. The van der Waals surface area contributed by atoms with E-state index in [1.807, 2.05) is 0 Å². The van der Waals surface area contributed by atoms with E-state index in [-0.39, 0.29) is 35.7 Å². The summed E-state index contributed by atoms with van der Waals surface area (Å²) in [5, 5.41) is 8.44. The highest BCUT2D eigenvalue weighted by molar-refractivity contribution is 6.05. The van der Waals surface area contributed by atoms with Crippen molar-refractivity contribution in [2.75, 3.05) is 0 Å². The molecule has 3 aromatic heterocycles. The van der Waals surface area contributed by atoms with Crippen molar-refractivity contribution in [3.63, 3.8) is 0 Å². The average Bonchev–Trinajstić information content (AvgIpc) is 3.31. The number of carbonyl (C=O) groups is 1. The lowest BCUT2D eigenvalue weighted by Gasteiger charge is -2.36. The van der Waals surface area contributed by atoms with Gasteiger partial charge in [-0.3, -0.25) is 9.48 Å². The van der Waals surface area contributed by atoms with Crippen molar-refractivity contribution in [2.24, 2.45) is 12.8 Å². The highest BCUT2D eigenvalue weighted by Gasteiger charge is 2.32. The van der Waals surface area contributed by atoms with E-state index in [0.717, 1.165) is 31.1 Å². The summed E-state index contributed by atoms with van der Waals surface area (Å²) in [5.74, 6) is -0.519. The van der Waals surface area contributed by atoms with Crippen LogP contribution >= 0.6 is 12.4 Å². The molecule has 1 aromatic carbocycles. The Bertz CT molecular complexity index is 1310. The molecule has 1 aliphatic rings. The first-order valence-electron chi connectivity index (χ1n) is 10.4. The highest BCUT2D eigenvalue weighted by Crippen LogP contribution is 2.30. The lowest BCUT2D eigenvalue weighted by Crippen LogP contribution is -2.50. The van der Waals surface area contributed by atoms with E-state index in [1.54, 1.807) is 30.2 Å². The summed E-state index contributed by atoms with van der Waals surface area (Å²) in [6.07, 6.45) is 6.71. The number of amides is 1. The van der Waals surface area contributed by atoms with Gasteiger partial charge < -0.3 is 16.0 Å². The molecule has 0 aliphatic heterocycles. The van der Waals surface area contributed by atoms with Crippen LogP contribution in [0.15, 0.2) is 30.6 Å². The van der Waals surface area contributed by atoms with Crippen molar-refractivity contribution in [3.05, 3.63) is 42.0 Å². The predicted molar refractivity (Wildman–Crippen MR) is 123 cm³/mol. The van der Waals surface area contributed by atoms with E-state index >= 15 is 0 Å². The van der Waals surface area contributed by atoms with E-state index in [0.29, 0.717) is 33.6 Å². The predicted octanol–water partition coefficient (Wildman–Crippen LogP) is 3.46. The van der Waals surface area contributed by atoms with Gasteiger partial charge in [0.2, 0.25) is 0 Å². The van der Waals surface area contributed by atoms with E-state index in [9.17, 15) is 9.18 Å². The highest BCUT2D eigenvalue weighted by atomic mass is 35.5. The first-order chi connectivity index (χ1) is 14.8. The summed E-state index contributed by atoms with van der Waals surface area (Å²) in [7, 11) is 1.75. The zero-order valence-electron chi connectivity index (χ0n) is 17.9. The number of rotatable bonds is 3. The van der Waals surface area contributed by atoms with Gasteiger partial charge in [0.25, 0.3) is 5.91 Å². The molecule has 4 N–H and O–H groups in total. The fourth-order valence-corrected chi connectivity index (χ4v) is 4.34. The number of aromatic amines is 1. The molecule has 0 radical (unpaired) electrons. The zero-order chi connectivity index (χ0) is 21.8. The SMILES string of the molecule is Cl.Cn1nc(-c2cnc3[nH]cc(C(=O)N[C@]4(C)CC[C@H](N)CC4)c3n2)c2ccc(F)cc21. The molecule has 0 atom stereocenters. The molecule has 0 unspecified atom stereocenters. The first kappa shape index (κ1) is 22.2. The number of fused-ring (bicyclic) bond motifs is 2. The van der Waals surface area contributed by atoms with Gasteiger partial charge in [0, 0.05) is 30.2 Å². The molecule has 1 saturated carbocycles. The molecule has 0 spiro atoms. The zero-order valence-corrected chi connectivity index (χ0v) is 18.7. The summed E-state index contributed by atoms with van der Waals surface area (Å²) in [4.78, 5) is 25.2. The second-order valence-electron chi connectivity index (χ2n) is 8.64. The average molecular weight is 458 g/mol. The summed E-state index contributed by atoms with van der Waals surface area (Å²) in [6.45, 7) is 2.06. The number of aryl methyl sites for hydroxylation is 1. The van der Waals surface area contributed by atoms with Crippen molar-refractivity contribution in [2.45, 2.75) is 44.2 Å². The fraction of sp³-hybridized carbons (Fsp3) is 0.364. The molecule has 1 amide bonds. The van der Waals surface area contributed by atoms with E-state index in [4.69, 9.17) is 10.7 Å². The van der Waals surface area contributed by atoms with Crippen LogP contribution in [0.2, 0.25) is 0 Å². The van der Waals surface area contributed by atoms with Gasteiger partial charge >= 0.3 is 0 Å². The van der Waals surface area contributed by atoms with Crippen LogP contribution in [0.4, 0.5) is 4.39 Å². The second-order valence-corrected chi connectivity index (χ2v) is 8.64. The Labute approximate surface area is 190 Å². The number of halogens is 2. The Hall–Kier alpha value is -3.04. The Morgan fingerprint density at radius 2 is 2.09 bits per heavy atom. The Morgan fingerprint density at radius 3 is 2.84 bits per heavy atom. The quantitative estimate of drug-likeness (QED) is 0.436. The molecule has 4 aromatic rings. The molecule has 1 fully saturated rings. The molecule has 8 nitrogen and oxygen atoms in total. The second kappa shape index (κ2) is 8.14. The Kier molecular flexibility index (Phi) is 5.64. The number of nitrogens with one attached hydrogen (secondary N) is 2. The van der Waals surface area contributed by atoms with Gasteiger partial charge in [0.15, 0.2) is 5.65 Å². The minimum absolute atomic E-state index is 0. The van der Waals surface area contributed by atoms with E-state index < -0.39 is 0 Å². The molecule has 32 heavy (non-hydrogen) atoms. The van der Waals surface area contributed by atoms with Gasteiger partial charge in [0.05, 0.1) is 17.3 Å². The summed E-state index contributed by atoms with van der Waals surface area (Å²) >= 11 is 0. The Morgan fingerprint density at radius 1 is 1.34 bits per heavy atom. The van der Waals surface area contributed by atoms with Crippen molar-refractivity contribution in [3.8, 4) is 11.4 Å². The lowest BCUT2D eigenvalue weighted by molar-refractivity contribution is 0.0879. The van der Waals surface area contributed by atoms with Crippen LogP contribution in [0.5, 0.6) is 0 Å². The third kappa shape index (κ3) is 3.82. The van der Waals surface area contributed by atoms with Crippen LogP contribution in [0, 0.1) is 5.82 Å². The van der Waals surface area contributed by atoms with Gasteiger partial charge in [-0.15, -0.1) is 12.4 Å². The van der Waals surface area contributed by atoms with E-state index in [2.05, 4.69) is 27.3 Å². The number of nitrogens with zero attached hydrogens (tertiary/aromatic N) is 4.